The van der Waals surface area contributed by atoms with Gasteiger partial charge in [0.25, 0.3) is 17.7 Å². The van der Waals surface area contributed by atoms with E-state index in [0.717, 1.165) is 16.9 Å². The summed E-state index contributed by atoms with van der Waals surface area (Å²) in [5.74, 6) is -0.509. The predicted octanol–water partition coefficient (Wildman–Crippen LogP) is 3.42. The maximum Gasteiger partial charge on any atom is 0.306 e. The lowest BCUT2D eigenvalue weighted by Crippen LogP contribution is -2.31. The van der Waals surface area contributed by atoms with Crippen LogP contribution in [0.2, 0.25) is 0 Å². The third kappa shape index (κ3) is 4.37. The molecule has 31 heavy (non-hydrogen) atoms. The topological polar surface area (TPSA) is 103 Å². The van der Waals surface area contributed by atoms with E-state index < -0.39 is 5.97 Å². The van der Waals surface area contributed by atoms with Crippen LogP contribution in [0.1, 0.15) is 51.9 Å². The Labute approximate surface area is 178 Å². The Balaban J connectivity index is 1.24. The first-order valence-corrected chi connectivity index (χ1v) is 10.1. The van der Waals surface area contributed by atoms with Crippen molar-refractivity contribution in [3.63, 3.8) is 0 Å². The standard InChI is InChI=1S/C23H21N3O5/c1-2-15-9-11-16(12-10-15)21-24-19(31-25-21)14-30-20(27)8-5-13-26-22(28)17-6-3-4-7-18(17)23(26)29/h3-4,6-7,9-12H,2,5,8,13-14H2,1H3. The highest BCUT2D eigenvalue weighted by molar-refractivity contribution is 6.21. The van der Waals surface area contributed by atoms with E-state index in [1.54, 1.807) is 24.3 Å². The van der Waals surface area contributed by atoms with Gasteiger partial charge in [-0.1, -0.05) is 48.5 Å². The summed E-state index contributed by atoms with van der Waals surface area (Å²) < 4.78 is 10.3. The summed E-state index contributed by atoms with van der Waals surface area (Å²) >= 11 is 0. The molecule has 0 radical (unpaired) electrons. The molecule has 158 valence electrons. The number of hydrogen-bond donors (Lipinski definition) is 0. The molecule has 1 aliphatic rings. The van der Waals surface area contributed by atoms with E-state index in [4.69, 9.17) is 9.26 Å². The van der Waals surface area contributed by atoms with Crippen LogP contribution >= 0.6 is 0 Å². The van der Waals surface area contributed by atoms with Crippen molar-refractivity contribution in [1.29, 1.82) is 0 Å². The van der Waals surface area contributed by atoms with E-state index in [-0.39, 0.29) is 37.3 Å². The zero-order chi connectivity index (χ0) is 21.8. The van der Waals surface area contributed by atoms with Crippen LogP contribution in [0.5, 0.6) is 0 Å². The molecule has 0 unspecified atom stereocenters. The summed E-state index contributed by atoms with van der Waals surface area (Å²) in [5.41, 5.74) is 2.82. The number of benzene rings is 2. The van der Waals surface area contributed by atoms with E-state index in [1.165, 1.54) is 5.56 Å². The molecule has 0 bridgehead atoms. The molecule has 0 saturated heterocycles. The van der Waals surface area contributed by atoms with Crippen molar-refractivity contribution in [3.8, 4) is 11.4 Å². The third-order valence-corrected chi connectivity index (χ3v) is 5.09. The molecule has 1 aromatic heterocycles. The molecule has 8 nitrogen and oxygen atoms in total. The lowest BCUT2D eigenvalue weighted by atomic mass is 10.1. The Kier molecular flexibility index (Phi) is 5.88. The average Bonchev–Trinajstić information content (AvgIpc) is 3.37. The number of carbonyl (C=O) groups is 3. The smallest absolute Gasteiger partial charge is 0.306 e. The van der Waals surface area contributed by atoms with Crippen molar-refractivity contribution in [1.82, 2.24) is 15.0 Å². The fourth-order valence-corrected chi connectivity index (χ4v) is 3.36. The molecule has 0 spiro atoms. The molecule has 3 aromatic rings. The zero-order valence-electron chi connectivity index (χ0n) is 17.0. The number of amides is 2. The van der Waals surface area contributed by atoms with Gasteiger partial charge in [0.15, 0.2) is 6.61 Å². The summed E-state index contributed by atoms with van der Waals surface area (Å²) in [6.07, 6.45) is 1.32. The number of ether oxygens (including phenoxy) is 1. The Morgan fingerprint density at radius 2 is 1.71 bits per heavy atom. The minimum Gasteiger partial charge on any atom is -0.456 e. The Morgan fingerprint density at radius 3 is 2.35 bits per heavy atom. The molecule has 0 atom stereocenters. The summed E-state index contributed by atoms with van der Waals surface area (Å²) in [5, 5.41) is 3.91. The Bertz CT molecular complexity index is 1090. The quantitative estimate of drug-likeness (QED) is 0.407. The molecule has 8 heteroatoms. The zero-order valence-corrected chi connectivity index (χ0v) is 17.0. The van der Waals surface area contributed by atoms with E-state index in [1.807, 2.05) is 24.3 Å². The second-order valence-electron chi connectivity index (χ2n) is 7.13. The van der Waals surface area contributed by atoms with E-state index in [2.05, 4.69) is 17.1 Å². The maximum absolute atomic E-state index is 12.3. The normalized spacial score (nSPS) is 12.9. The first-order chi connectivity index (χ1) is 15.1. The summed E-state index contributed by atoms with van der Waals surface area (Å²) in [4.78, 5) is 42.0. The Morgan fingerprint density at radius 1 is 1.03 bits per heavy atom. The number of esters is 1. The van der Waals surface area contributed by atoms with Crippen molar-refractivity contribution in [2.75, 3.05) is 6.54 Å². The van der Waals surface area contributed by atoms with Gasteiger partial charge in [-0.3, -0.25) is 19.3 Å². The second-order valence-corrected chi connectivity index (χ2v) is 7.13. The molecule has 2 heterocycles. The van der Waals surface area contributed by atoms with Gasteiger partial charge in [-0.2, -0.15) is 4.98 Å². The van der Waals surface area contributed by atoms with Gasteiger partial charge in [0.2, 0.25) is 5.82 Å². The molecule has 1 aliphatic heterocycles. The summed E-state index contributed by atoms with van der Waals surface area (Å²) in [6.45, 7) is 2.10. The molecule has 0 saturated carbocycles. The van der Waals surface area contributed by atoms with Gasteiger partial charge in [-0.15, -0.1) is 0 Å². The fourth-order valence-electron chi connectivity index (χ4n) is 3.36. The van der Waals surface area contributed by atoms with Gasteiger partial charge in [0.05, 0.1) is 11.1 Å². The van der Waals surface area contributed by atoms with Crippen molar-refractivity contribution < 1.29 is 23.6 Å². The fraction of sp³-hybridized carbons (Fsp3) is 0.261. The molecule has 4 rings (SSSR count). The van der Waals surface area contributed by atoms with Crippen LogP contribution in [-0.4, -0.2) is 39.4 Å². The monoisotopic (exact) mass is 419 g/mol. The van der Waals surface area contributed by atoms with Crippen molar-refractivity contribution in [2.24, 2.45) is 0 Å². The summed E-state index contributed by atoms with van der Waals surface area (Å²) in [6, 6.07) is 14.5. The third-order valence-electron chi connectivity index (χ3n) is 5.09. The largest absolute Gasteiger partial charge is 0.456 e. The number of nitrogens with zero attached hydrogens (tertiary/aromatic N) is 3. The van der Waals surface area contributed by atoms with Crippen LogP contribution in [0.3, 0.4) is 0 Å². The van der Waals surface area contributed by atoms with Gasteiger partial charge < -0.3 is 9.26 Å². The number of carbonyl (C=O) groups excluding carboxylic acids is 3. The van der Waals surface area contributed by atoms with Gasteiger partial charge in [0.1, 0.15) is 0 Å². The number of imide groups is 1. The van der Waals surface area contributed by atoms with Crippen molar-refractivity contribution in [2.45, 2.75) is 32.8 Å². The Hall–Kier alpha value is -3.81. The first-order valence-electron chi connectivity index (χ1n) is 10.1. The molecular formula is C23H21N3O5. The maximum atomic E-state index is 12.3. The minimum atomic E-state index is -0.469. The number of fused-ring (bicyclic) bond motifs is 1. The van der Waals surface area contributed by atoms with Gasteiger partial charge >= 0.3 is 5.97 Å². The van der Waals surface area contributed by atoms with Crippen molar-refractivity contribution >= 4 is 17.8 Å². The second kappa shape index (κ2) is 8.91. The van der Waals surface area contributed by atoms with Gasteiger partial charge in [0, 0.05) is 18.5 Å². The number of hydrogen-bond acceptors (Lipinski definition) is 7. The van der Waals surface area contributed by atoms with Crippen LogP contribution in [0.4, 0.5) is 0 Å². The van der Waals surface area contributed by atoms with Crippen LogP contribution < -0.4 is 0 Å². The van der Waals surface area contributed by atoms with Crippen LogP contribution in [-0.2, 0) is 22.6 Å². The lowest BCUT2D eigenvalue weighted by molar-refractivity contribution is -0.145. The van der Waals surface area contributed by atoms with Crippen LogP contribution in [0.15, 0.2) is 53.1 Å². The van der Waals surface area contributed by atoms with Gasteiger partial charge in [-0.25, -0.2) is 0 Å². The minimum absolute atomic E-state index is 0.0624. The summed E-state index contributed by atoms with van der Waals surface area (Å²) in [7, 11) is 0. The van der Waals surface area contributed by atoms with E-state index in [9.17, 15) is 14.4 Å². The van der Waals surface area contributed by atoms with Crippen LogP contribution in [0, 0.1) is 0 Å². The first kappa shape index (κ1) is 20.5. The molecule has 0 N–H and O–H groups in total. The molecular weight excluding hydrogens is 398 g/mol. The number of aryl methyl sites for hydroxylation is 1. The lowest BCUT2D eigenvalue weighted by Gasteiger charge is -2.13. The van der Waals surface area contributed by atoms with Gasteiger partial charge in [-0.05, 0) is 30.5 Å². The molecule has 0 fully saturated rings. The van der Waals surface area contributed by atoms with Crippen LogP contribution in [0.25, 0.3) is 11.4 Å². The molecule has 2 aromatic carbocycles. The van der Waals surface area contributed by atoms with Crippen molar-refractivity contribution in [3.05, 3.63) is 71.1 Å². The number of rotatable bonds is 8. The molecule has 0 aliphatic carbocycles. The highest BCUT2D eigenvalue weighted by Gasteiger charge is 2.34. The highest BCUT2D eigenvalue weighted by atomic mass is 16.6. The molecule has 2 amide bonds. The predicted molar refractivity (Wildman–Crippen MR) is 110 cm³/mol. The highest BCUT2D eigenvalue weighted by Crippen LogP contribution is 2.23. The SMILES string of the molecule is CCc1ccc(-c2noc(COC(=O)CCCN3C(=O)c4ccccc4C3=O)n2)cc1. The van der Waals surface area contributed by atoms with E-state index in [0.29, 0.717) is 23.4 Å². The number of aromatic nitrogens is 2. The average molecular weight is 419 g/mol. The van der Waals surface area contributed by atoms with E-state index >= 15 is 0 Å².